The largest absolute Gasteiger partial charge is 0.341 e. The van der Waals surface area contributed by atoms with Crippen LogP contribution in [-0.2, 0) is 9.47 Å². The van der Waals surface area contributed by atoms with Crippen molar-refractivity contribution in [2.24, 2.45) is 0 Å². The summed E-state index contributed by atoms with van der Waals surface area (Å²) in [5.41, 5.74) is -0.596. The molecule has 0 radical (unpaired) electrons. The molecule has 7 heteroatoms. The number of rotatable bonds is 2. The molecule has 0 unspecified atom stereocenters. The van der Waals surface area contributed by atoms with Gasteiger partial charge >= 0.3 is 0 Å². The Bertz CT molecular complexity index is 472. The summed E-state index contributed by atoms with van der Waals surface area (Å²) in [6.45, 7) is 1.43. The Morgan fingerprint density at radius 1 is 1.39 bits per heavy atom. The first kappa shape index (κ1) is 13.5. The van der Waals surface area contributed by atoms with Crippen LogP contribution in [0.25, 0.3) is 0 Å². The van der Waals surface area contributed by atoms with Crippen molar-refractivity contribution < 1.29 is 14.4 Å². The molecule has 0 aliphatic carbocycles. The normalized spacial score (nSPS) is 28.1. The van der Waals surface area contributed by atoms with Crippen LogP contribution >= 0.6 is 23.2 Å². The molecule has 1 heterocycles. The molecule has 0 N–H and O–H groups in total. The lowest BCUT2D eigenvalue weighted by Crippen LogP contribution is -2.48. The van der Waals surface area contributed by atoms with Crippen molar-refractivity contribution in [3.8, 4) is 0 Å². The van der Waals surface area contributed by atoms with E-state index in [1.165, 1.54) is 6.92 Å². The zero-order chi connectivity index (χ0) is 13.3. The molecule has 0 atom stereocenters. The third kappa shape index (κ3) is 2.59. The molecule has 0 spiro atoms. The molecule has 1 aromatic carbocycles. The zero-order valence-electron chi connectivity index (χ0n) is 9.56. The van der Waals surface area contributed by atoms with Gasteiger partial charge in [-0.3, -0.25) is 10.1 Å². The standard InChI is InChI=1S/C11H11Cl2NO4/c1-11(14(15)16)5-17-10(18-6-11)8-3-2-7(12)4-9(8)13/h2-4,10H,5-6H2,1H3. The lowest BCUT2D eigenvalue weighted by atomic mass is 10.1. The van der Waals surface area contributed by atoms with E-state index in [0.717, 1.165) is 0 Å². The minimum absolute atomic E-state index is 0.0242. The molecule has 0 bridgehead atoms. The summed E-state index contributed by atoms with van der Waals surface area (Å²) >= 11 is 11.8. The first-order valence-electron chi connectivity index (χ1n) is 5.25. The minimum Gasteiger partial charge on any atom is -0.341 e. The minimum atomic E-state index is -1.21. The maximum absolute atomic E-state index is 10.8. The van der Waals surface area contributed by atoms with Gasteiger partial charge in [0.25, 0.3) is 5.54 Å². The highest BCUT2D eigenvalue weighted by atomic mass is 35.5. The molecule has 1 aromatic rings. The zero-order valence-corrected chi connectivity index (χ0v) is 11.1. The summed E-state index contributed by atoms with van der Waals surface area (Å²) in [6, 6.07) is 4.92. The fourth-order valence-corrected chi connectivity index (χ4v) is 2.08. The molecular weight excluding hydrogens is 281 g/mol. The van der Waals surface area contributed by atoms with Gasteiger partial charge in [-0.25, -0.2) is 0 Å². The molecule has 0 aromatic heterocycles. The van der Waals surface area contributed by atoms with Crippen molar-refractivity contribution in [1.29, 1.82) is 0 Å². The maximum Gasteiger partial charge on any atom is 0.265 e. The van der Waals surface area contributed by atoms with Gasteiger partial charge in [0, 0.05) is 22.4 Å². The van der Waals surface area contributed by atoms with Crippen LogP contribution in [0.5, 0.6) is 0 Å². The molecule has 2 rings (SSSR count). The van der Waals surface area contributed by atoms with Crippen LogP contribution in [-0.4, -0.2) is 23.7 Å². The molecule has 0 saturated carbocycles. The number of halogens is 2. The highest BCUT2D eigenvalue weighted by molar-refractivity contribution is 6.35. The van der Waals surface area contributed by atoms with Crippen molar-refractivity contribution >= 4 is 23.2 Å². The summed E-state index contributed by atoms with van der Waals surface area (Å²) in [7, 11) is 0. The second-order valence-corrected chi connectivity index (χ2v) is 5.22. The summed E-state index contributed by atoms with van der Waals surface area (Å²) in [5, 5.41) is 11.8. The van der Waals surface area contributed by atoms with E-state index >= 15 is 0 Å². The third-order valence-corrected chi connectivity index (χ3v) is 3.31. The highest BCUT2D eigenvalue weighted by Crippen LogP contribution is 2.33. The second kappa shape index (κ2) is 5.01. The van der Waals surface area contributed by atoms with Crippen molar-refractivity contribution in [2.75, 3.05) is 13.2 Å². The smallest absolute Gasteiger partial charge is 0.265 e. The van der Waals surface area contributed by atoms with Gasteiger partial charge < -0.3 is 9.47 Å². The van der Waals surface area contributed by atoms with E-state index in [1.54, 1.807) is 18.2 Å². The first-order valence-corrected chi connectivity index (χ1v) is 6.01. The quantitative estimate of drug-likeness (QED) is 0.620. The van der Waals surface area contributed by atoms with E-state index in [1.807, 2.05) is 0 Å². The van der Waals surface area contributed by atoms with E-state index in [9.17, 15) is 10.1 Å². The molecule has 5 nitrogen and oxygen atoms in total. The average molecular weight is 292 g/mol. The van der Waals surface area contributed by atoms with Gasteiger partial charge in [0.05, 0.1) is 5.02 Å². The van der Waals surface area contributed by atoms with E-state index in [2.05, 4.69) is 0 Å². The molecule has 0 amide bonds. The van der Waals surface area contributed by atoms with Crippen molar-refractivity contribution in [1.82, 2.24) is 0 Å². The molecule has 1 fully saturated rings. The number of nitrogens with zero attached hydrogens (tertiary/aromatic N) is 1. The fourth-order valence-electron chi connectivity index (χ4n) is 1.58. The number of ether oxygens (including phenoxy) is 2. The van der Waals surface area contributed by atoms with E-state index in [-0.39, 0.29) is 13.2 Å². The van der Waals surface area contributed by atoms with Crippen LogP contribution in [0.4, 0.5) is 0 Å². The van der Waals surface area contributed by atoms with Crippen molar-refractivity contribution in [3.05, 3.63) is 43.9 Å². The van der Waals surface area contributed by atoms with E-state index in [4.69, 9.17) is 32.7 Å². The Labute approximate surface area is 114 Å². The first-order chi connectivity index (χ1) is 8.42. The molecular formula is C11H11Cl2NO4. The van der Waals surface area contributed by atoms with Gasteiger partial charge in [0.15, 0.2) is 6.29 Å². The Balaban J connectivity index is 2.12. The predicted molar refractivity (Wildman–Crippen MR) is 66.5 cm³/mol. The number of hydrogen-bond acceptors (Lipinski definition) is 4. The second-order valence-electron chi connectivity index (χ2n) is 4.37. The van der Waals surface area contributed by atoms with Gasteiger partial charge in [0.1, 0.15) is 13.2 Å². The number of nitro groups is 1. The van der Waals surface area contributed by atoms with E-state index < -0.39 is 16.8 Å². The third-order valence-electron chi connectivity index (χ3n) is 2.75. The summed E-state index contributed by atoms with van der Waals surface area (Å²) in [4.78, 5) is 10.4. The average Bonchev–Trinajstić information content (AvgIpc) is 2.31. The van der Waals surface area contributed by atoms with Gasteiger partial charge in [0.2, 0.25) is 0 Å². The molecule has 1 aliphatic rings. The van der Waals surface area contributed by atoms with Crippen LogP contribution < -0.4 is 0 Å². The van der Waals surface area contributed by atoms with Gasteiger partial charge in [-0.15, -0.1) is 0 Å². The highest BCUT2D eigenvalue weighted by Gasteiger charge is 2.43. The Kier molecular flexibility index (Phi) is 3.77. The molecule has 1 saturated heterocycles. The van der Waals surface area contributed by atoms with Gasteiger partial charge in [-0.1, -0.05) is 29.3 Å². The Morgan fingerprint density at radius 3 is 2.50 bits per heavy atom. The predicted octanol–water partition coefficient (Wildman–Crippen LogP) is 3.07. The Morgan fingerprint density at radius 2 is 2.00 bits per heavy atom. The Hall–Kier alpha value is -0.880. The summed E-state index contributed by atoms with van der Waals surface area (Å²) in [6.07, 6.45) is -0.692. The van der Waals surface area contributed by atoms with E-state index in [0.29, 0.717) is 15.6 Å². The number of hydrogen-bond donors (Lipinski definition) is 0. The van der Waals surface area contributed by atoms with Crippen LogP contribution in [0.3, 0.4) is 0 Å². The monoisotopic (exact) mass is 291 g/mol. The lowest BCUT2D eigenvalue weighted by Gasteiger charge is -2.31. The fraction of sp³-hybridized carbons (Fsp3) is 0.455. The topological polar surface area (TPSA) is 61.6 Å². The van der Waals surface area contributed by atoms with Crippen LogP contribution in [0.1, 0.15) is 18.8 Å². The molecule has 1 aliphatic heterocycles. The van der Waals surface area contributed by atoms with Crippen molar-refractivity contribution in [3.63, 3.8) is 0 Å². The maximum atomic E-state index is 10.8. The van der Waals surface area contributed by atoms with Gasteiger partial charge in [-0.05, 0) is 12.1 Å². The number of benzene rings is 1. The van der Waals surface area contributed by atoms with Crippen molar-refractivity contribution in [2.45, 2.75) is 18.8 Å². The van der Waals surface area contributed by atoms with Crippen LogP contribution in [0, 0.1) is 10.1 Å². The molecule has 98 valence electrons. The van der Waals surface area contributed by atoms with Crippen LogP contribution in [0.2, 0.25) is 10.0 Å². The summed E-state index contributed by atoms with van der Waals surface area (Å²) in [5.74, 6) is 0. The molecule has 18 heavy (non-hydrogen) atoms. The SMILES string of the molecule is CC1([N+](=O)[O-])COC(c2ccc(Cl)cc2Cl)OC1. The van der Waals surface area contributed by atoms with Gasteiger partial charge in [-0.2, -0.15) is 0 Å². The summed E-state index contributed by atoms with van der Waals surface area (Å²) < 4.78 is 10.7. The lowest BCUT2D eigenvalue weighted by molar-refractivity contribution is -0.587. The van der Waals surface area contributed by atoms with Crippen LogP contribution in [0.15, 0.2) is 18.2 Å².